The molecule has 0 aliphatic rings. The van der Waals surface area contributed by atoms with Crippen LogP contribution in [0.4, 0.5) is 10.7 Å². The number of ether oxygens (including phenoxy) is 1. The average molecular weight is 257 g/mol. The predicted octanol–water partition coefficient (Wildman–Crippen LogP) is 1.18. The Morgan fingerprint density at radius 3 is 2.56 bits per heavy atom. The second kappa shape index (κ2) is 5.05. The van der Waals surface area contributed by atoms with E-state index in [0.717, 1.165) is 0 Å². The highest BCUT2D eigenvalue weighted by Gasteiger charge is 2.23. The summed E-state index contributed by atoms with van der Waals surface area (Å²) in [6.07, 6.45) is -0.773. The van der Waals surface area contributed by atoms with Crippen molar-refractivity contribution in [2.75, 3.05) is 5.32 Å². The van der Waals surface area contributed by atoms with E-state index in [1.165, 1.54) is 0 Å². The van der Waals surface area contributed by atoms with Crippen LogP contribution in [0.25, 0.3) is 0 Å². The molecule has 1 aromatic rings. The van der Waals surface area contributed by atoms with Gasteiger partial charge in [0.25, 0.3) is 0 Å². The molecule has 1 heterocycles. The molecule has 1 aromatic heterocycles. The van der Waals surface area contributed by atoms with Gasteiger partial charge >= 0.3 is 12.1 Å². The number of anilines is 1. The Bertz CT molecular complexity index is 461. The van der Waals surface area contributed by atoms with Crippen molar-refractivity contribution in [2.24, 2.45) is 5.73 Å². The van der Waals surface area contributed by atoms with Gasteiger partial charge in [-0.2, -0.15) is 0 Å². The smallest absolute Gasteiger partial charge is 0.414 e. The van der Waals surface area contributed by atoms with Gasteiger partial charge in [0, 0.05) is 6.54 Å². The number of amides is 1. The molecule has 0 aromatic carbocycles. The van der Waals surface area contributed by atoms with Gasteiger partial charge in [-0.1, -0.05) is 5.16 Å². The zero-order valence-electron chi connectivity index (χ0n) is 10.3. The molecular weight excluding hydrogens is 242 g/mol. The quantitative estimate of drug-likeness (QED) is 0.741. The number of hydrogen-bond acceptors (Lipinski definition) is 6. The summed E-state index contributed by atoms with van der Waals surface area (Å²) >= 11 is 0. The highest BCUT2D eigenvalue weighted by molar-refractivity contribution is 5.91. The number of nitrogens with one attached hydrogen (secondary N) is 1. The minimum absolute atomic E-state index is 0.105. The molecule has 0 atom stereocenters. The van der Waals surface area contributed by atoms with E-state index in [9.17, 15) is 9.59 Å². The van der Waals surface area contributed by atoms with Gasteiger partial charge in [-0.25, -0.2) is 9.59 Å². The van der Waals surface area contributed by atoms with Gasteiger partial charge in [0.15, 0.2) is 5.69 Å². The highest BCUT2D eigenvalue weighted by atomic mass is 16.6. The van der Waals surface area contributed by atoms with E-state index in [0.29, 0.717) is 0 Å². The fraction of sp³-hybridized carbons (Fsp3) is 0.500. The number of carbonyl (C=O) groups excluding carboxylic acids is 1. The van der Waals surface area contributed by atoms with E-state index < -0.39 is 17.7 Å². The Morgan fingerprint density at radius 1 is 1.50 bits per heavy atom. The molecule has 4 N–H and O–H groups in total. The first-order valence-electron chi connectivity index (χ1n) is 5.16. The fourth-order valence-electron chi connectivity index (χ4n) is 1.16. The van der Waals surface area contributed by atoms with Gasteiger partial charge in [0.1, 0.15) is 5.60 Å². The summed E-state index contributed by atoms with van der Waals surface area (Å²) in [7, 11) is 0. The molecular formula is C10H15N3O5. The van der Waals surface area contributed by atoms with Gasteiger partial charge in [0.05, 0.1) is 5.56 Å². The van der Waals surface area contributed by atoms with Crippen molar-refractivity contribution in [1.82, 2.24) is 5.16 Å². The molecule has 100 valence electrons. The minimum atomic E-state index is -1.28. The van der Waals surface area contributed by atoms with Gasteiger partial charge in [-0.15, -0.1) is 0 Å². The van der Waals surface area contributed by atoms with Crippen LogP contribution in [0.1, 0.15) is 36.8 Å². The van der Waals surface area contributed by atoms with Gasteiger partial charge in [-0.3, -0.25) is 5.32 Å². The molecule has 0 saturated heterocycles. The highest BCUT2D eigenvalue weighted by Crippen LogP contribution is 2.20. The molecule has 8 heteroatoms. The van der Waals surface area contributed by atoms with Crippen LogP contribution in [0.5, 0.6) is 0 Å². The lowest BCUT2D eigenvalue weighted by atomic mass is 10.2. The van der Waals surface area contributed by atoms with E-state index in [-0.39, 0.29) is 23.7 Å². The maximum absolute atomic E-state index is 11.5. The molecule has 0 aliphatic heterocycles. The van der Waals surface area contributed by atoms with Crippen LogP contribution in [0.3, 0.4) is 0 Å². The summed E-state index contributed by atoms with van der Waals surface area (Å²) < 4.78 is 9.70. The summed E-state index contributed by atoms with van der Waals surface area (Å²) in [4.78, 5) is 22.3. The summed E-state index contributed by atoms with van der Waals surface area (Å²) in [5.74, 6) is -1.40. The lowest BCUT2D eigenvalue weighted by Crippen LogP contribution is -2.27. The Morgan fingerprint density at radius 2 is 2.11 bits per heavy atom. The Labute approximate surface area is 103 Å². The molecule has 8 nitrogen and oxygen atoms in total. The van der Waals surface area contributed by atoms with E-state index in [1.54, 1.807) is 20.8 Å². The van der Waals surface area contributed by atoms with Gasteiger partial charge in [0.2, 0.25) is 5.88 Å². The zero-order chi connectivity index (χ0) is 13.9. The normalized spacial score (nSPS) is 11.1. The number of aromatic nitrogens is 1. The van der Waals surface area contributed by atoms with Crippen LogP contribution >= 0.6 is 0 Å². The number of carboxylic acids is 1. The molecule has 0 radical (unpaired) electrons. The fourth-order valence-corrected chi connectivity index (χ4v) is 1.16. The first-order valence-corrected chi connectivity index (χ1v) is 5.16. The molecule has 0 unspecified atom stereocenters. The Hall–Kier alpha value is -2.09. The van der Waals surface area contributed by atoms with Crippen LogP contribution in [0.2, 0.25) is 0 Å². The molecule has 0 fully saturated rings. The first-order chi connectivity index (χ1) is 8.24. The molecule has 1 amide bonds. The van der Waals surface area contributed by atoms with E-state index in [2.05, 4.69) is 10.5 Å². The molecule has 0 aliphatic carbocycles. The maximum atomic E-state index is 11.5. The molecule has 0 spiro atoms. The zero-order valence-corrected chi connectivity index (χ0v) is 10.3. The Balaban J connectivity index is 2.85. The first kappa shape index (κ1) is 14.0. The van der Waals surface area contributed by atoms with Gasteiger partial charge < -0.3 is 20.1 Å². The van der Waals surface area contributed by atoms with Crippen molar-refractivity contribution in [2.45, 2.75) is 32.9 Å². The molecule has 0 saturated carbocycles. The summed E-state index contributed by atoms with van der Waals surface area (Å²) in [6.45, 7) is 4.95. The Kier molecular flexibility index (Phi) is 3.92. The number of rotatable bonds is 3. The standard InChI is InChI=1S/C10H15N3O5/c1-10(2,3)17-9(16)12-7-5(4-11)6(8(14)15)13-18-7/h4,11H2,1-3H3,(H,12,16)(H,14,15). The monoisotopic (exact) mass is 257 g/mol. The van der Waals surface area contributed by atoms with E-state index in [4.69, 9.17) is 20.1 Å². The molecule has 0 bridgehead atoms. The van der Waals surface area contributed by atoms with Crippen molar-refractivity contribution in [1.29, 1.82) is 0 Å². The number of carbonyl (C=O) groups is 2. The molecule has 1 rings (SSSR count). The van der Waals surface area contributed by atoms with E-state index >= 15 is 0 Å². The predicted molar refractivity (Wildman–Crippen MR) is 61.2 cm³/mol. The lowest BCUT2D eigenvalue weighted by molar-refractivity contribution is 0.0630. The van der Waals surface area contributed by atoms with Crippen molar-refractivity contribution >= 4 is 17.9 Å². The molecule has 18 heavy (non-hydrogen) atoms. The topological polar surface area (TPSA) is 128 Å². The number of hydrogen-bond donors (Lipinski definition) is 3. The van der Waals surface area contributed by atoms with Crippen LogP contribution in [0, 0.1) is 0 Å². The average Bonchev–Trinajstić information content (AvgIpc) is 2.57. The number of aromatic carboxylic acids is 1. The summed E-state index contributed by atoms with van der Waals surface area (Å²) in [5.41, 5.74) is 4.48. The van der Waals surface area contributed by atoms with Crippen molar-refractivity contribution in [3.8, 4) is 0 Å². The third-order valence-electron chi connectivity index (χ3n) is 1.81. The second-order valence-corrected chi connectivity index (χ2v) is 4.48. The van der Waals surface area contributed by atoms with E-state index in [1.807, 2.05) is 0 Å². The third kappa shape index (κ3) is 3.45. The lowest BCUT2D eigenvalue weighted by Gasteiger charge is -2.19. The van der Waals surface area contributed by atoms with Crippen LogP contribution in [-0.4, -0.2) is 27.9 Å². The second-order valence-electron chi connectivity index (χ2n) is 4.48. The van der Waals surface area contributed by atoms with Gasteiger partial charge in [-0.05, 0) is 20.8 Å². The van der Waals surface area contributed by atoms with Crippen LogP contribution in [-0.2, 0) is 11.3 Å². The number of nitrogens with zero attached hydrogens (tertiary/aromatic N) is 1. The van der Waals surface area contributed by atoms with Crippen LogP contribution < -0.4 is 11.1 Å². The SMILES string of the molecule is CC(C)(C)OC(=O)Nc1onc(C(=O)O)c1CN. The van der Waals surface area contributed by atoms with Crippen molar-refractivity contribution in [3.63, 3.8) is 0 Å². The van der Waals surface area contributed by atoms with Crippen molar-refractivity contribution in [3.05, 3.63) is 11.3 Å². The number of carboxylic acid groups (broad SMARTS) is 1. The largest absolute Gasteiger partial charge is 0.476 e. The minimum Gasteiger partial charge on any atom is -0.476 e. The number of nitrogens with two attached hydrogens (primary N) is 1. The summed E-state index contributed by atoms with van der Waals surface area (Å²) in [5, 5.41) is 14.4. The maximum Gasteiger partial charge on any atom is 0.414 e. The van der Waals surface area contributed by atoms with Crippen LogP contribution in [0.15, 0.2) is 4.52 Å². The van der Waals surface area contributed by atoms with Crippen molar-refractivity contribution < 1.29 is 24.0 Å². The summed E-state index contributed by atoms with van der Waals surface area (Å²) in [6, 6.07) is 0. The third-order valence-corrected chi connectivity index (χ3v) is 1.81.